The summed E-state index contributed by atoms with van der Waals surface area (Å²) in [4.78, 5) is 0. The Hall–Kier alpha value is 0.197. The third kappa shape index (κ3) is 12.4. The van der Waals surface area contributed by atoms with Gasteiger partial charge < -0.3 is 13.7 Å². The molecule has 0 amide bonds. The van der Waals surface area contributed by atoms with E-state index >= 15 is 0 Å². The van der Waals surface area contributed by atoms with E-state index < -0.39 is 43.1 Å². The van der Waals surface area contributed by atoms with E-state index in [1.54, 1.807) is 20.8 Å². The molecule has 0 aromatic rings. The first-order valence-electron chi connectivity index (χ1n) is 9.42. The quantitative estimate of drug-likeness (QED) is 0.277. The van der Waals surface area contributed by atoms with Crippen molar-refractivity contribution in [3.8, 4) is 0 Å². The molecule has 0 bridgehead atoms. The molecule has 0 aromatic heterocycles. The van der Waals surface area contributed by atoms with Crippen LogP contribution in [0.3, 0.4) is 0 Å². The number of alkyl halides is 3. The van der Waals surface area contributed by atoms with Crippen LogP contribution >= 0.6 is 0 Å². The van der Waals surface area contributed by atoms with Crippen LogP contribution in [-0.2, 0) is 20.5 Å². The number of rotatable bonds is 11. The van der Waals surface area contributed by atoms with Crippen LogP contribution in [-0.4, -0.2) is 49.7 Å². The van der Waals surface area contributed by atoms with Gasteiger partial charge in [0, 0.05) is 31.0 Å². The molecular formula is C18H38F3NO3SSi. The Bertz CT molecular complexity index is 424. The van der Waals surface area contributed by atoms with Gasteiger partial charge in [-0.1, -0.05) is 20.8 Å². The number of hydrogen-bond acceptors (Lipinski definition) is 4. The SMILES string of the molecule is CC(C)(C)[S@@+]([O-])NC(CCC(F)(F)F)COCCCO[Si](C)(C)C(C)(C)C. The largest absolute Gasteiger partial charge is 0.598 e. The van der Waals surface area contributed by atoms with E-state index in [4.69, 9.17) is 9.16 Å². The molecule has 0 aromatic carbocycles. The van der Waals surface area contributed by atoms with Crippen LogP contribution < -0.4 is 4.72 Å². The van der Waals surface area contributed by atoms with Crippen molar-refractivity contribution in [2.75, 3.05) is 19.8 Å². The second kappa shape index (κ2) is 10.8. The van der Waals surface area contributed by atoms with E-state index in [9.17, 15) is 17.7 Å². The Morgan fingerprint density at radius 3 is 2.04 bits per heavy atom. The predicted molar refractivity (Wildman–Crippen MR) is 109 cm³/mol. The third-order valence-electron chi connectivity index (χ3n) is 4.63. The van der Waals surface area contributed by atoms with Gasteiger partial charge in [-0.25, -0.2) is 0 Å². The van der Waals surface area contributed by atoms with Crippen molar-refractivity contribution in [3.05, 3.63) is 0 Å². The van der Waals surface area contributed by atoms with Crippen molar-refractivity contribution in [3.63, 3.8) is 0 Å². The van der Waals surface area contributed by atoms with Gasteiger partial charge in [-0.3, -0.25) is 0 Å². The zero-order valence-electron chi connectivity index (χ0n) is 18.1. The Kier molecular flexibility index (Phi) is 10.9. The summed E-state index contributed by atoms with van der Waals surface area (Å²) in [5.74, 6) is 0. The van der Waals surface area contributed by atoms with E-state index in [1.807, 2.05) is 0 Å². The second-order valence-electron chi connectivity index (χ2n) is 9.39. The zero-order valence-corrected chi connectivity index (χ0v) is 19.9. The molecule has 2 atom stereocenters. The highest BCUT2D eigenvalue weighted by Crippen LogP contribution is 2.36. The van der Waals surface area contributed by atoms with Crippen molar-refractivity contribution in [2.45, 2.75) is 95.9 Å². The molecule has 27 heavy (non-hydrogen) atoms. The number of nitrogens with one attached hydrogen (secondary N) is 1. The topological polar surface area (TPSA) is 53.5 Å². The molecule has 4 nitrogen and oxygen atoms in total. The maximum atomic E-state index is 12.5. The van der Waals surface area contributed by atoms with Crippen molar-refractivity contribution in [1.82, 2.24) is 4.72 Å². The molecule has 0 heterocycles. The minimum absolute atomic E-state index is 0.0952. The van der Waals surface area contributed by atoms with Gasteiger partial charge in [0.15, 0.2) is 8.32 Å². The molecule has 0 saturated carbocycles. The minimum Gasteiger partial charge on any atom is -0.598 e. The van der Waals surface area contributed by atoms with Gasteiger partial charge in [0.25, 0.3) is 0 Å². The lowest BCUT2D eigenvalue weighted by molar-refractivity contribution is -0.137. The number of hydrogen-bond donors (Lipinski definition) is 1. The van der Waals surface area contributed by atoms with Gasteiger partial charge in [-0.2, -0.15) is 13.2 Å². The monoisotopic (exact) mass is 433 g/mol. The zero-order chi connectivity index (χ0) is 21.5. The lowest BCUT2D eigenvalue weighted by Gasteiger charge is -2.36. The number of ether oxygens (including phenoxy) is 1. The van der Waals surface area contributed by atoms with Crippen molar-refractivity contribution in [2.24, 2.45) is 0 Å². The first-order chi connectivity index (χ1) is 12.0. The van der Waals surface area contributed by atoms with E-state index in [0.29, 0.717) is 19.6 Å². The molecule has 0 spiro atoms. The summed E-state index contributed by atoms with van der Waals surface area (Å²) >= 11 is -1.44. The highest BCUT2D eigenvalue weighted by Gasteiger charge is 2.37. The Morgan fingerprint density at radius 2 is 1.59 bits per heavy atom. The molecule has 0 radical (unpaired) electrons. The van der Waals surface area contributed by atoms with E-state index in [0.717, 1.165) is 0 Å². The minimum atomic E-state index is -4.24. The molecule has 0 rings (SSSR count). The molecule has 0 aliphatic heterocycles. The van der Waals surface area contributed by atoms with E-state index in [2.05, 4.69) is 38.6 Å². The van der Waals surface area contributed by atoms with E-state index in [-0.39, 0.29) is 18.1 Å². The standard InChI is InChI=1S/C18H38F3NO3SSi/c1-16(2,3)26(23)22-15(10-11-18(19,20)21)14-24-12-9-13-25-27(7,8)17(4,5)6/h15,22H,9-14H2,1-8H3/t15?,26-/m1/s1. The lowest BCUT2D eigenvalue weighted by atomic mass is 10.2. The van der Waals surface area contributed by atoms with E-state index in [1.165, 1.54) is 0 Å². The maximum Gasteiger partial charge on any atom is 0.389 e. The third-order valence-corrected chi connectivity index (χ3v) is 10.8. The molecule has 1 unspecified atom stereocenters. The molecule has 0 aliphatic carbocycles. The Morgan fingerprint density at radius 1 is 1.04 bits per heavy atom. The van der Waals surface area contributed by atoms with Crippen molar-refractivity contribution in [1.29, 1.82) is 0 Å². The molecule has 9 heteroatoms. The molecule has 164 valence electrons. The summed E-state index contributed by atoms with van der Waals surface area (Å²) in [6.07, 6.45) is -4.64. The highest BCUT2D eigenvalue weighted by molar-refractivity contribution is 7.90. The van der Waals surface area contributed by atoms with Gasteiger partial charge in [0.1, 0.15) is 4.75 Å². The Labute approximate surface area is 167 Å². The fourth-order valence-electron chi connectivity index (χ4n) is 1.77. The van der Waals surface area contributed by atoms with Gasteiger partial charge >= 0.3 is 6.18 Å². The first kappa shape index (κ1) is 27.2. The second-order valence-corrected chi connectivity index (χ2v) is 16.2. The molecule has 0 aliphatic rings. The average Bonchev–Trinajstić information content (AvgIpc) is 2.44. The average molecular weight is 434 g/mol. The van der Waals surface area contributed by atoms with Crippen LogP contribution in [0.2, 0.25) is 18.1 Å². The van der Waals surface area contributed by atoms with Crippen LogP contribution in [0.4, 0.5) is 13.2 Å². The summed E-state index contributed by atoms with van der Waals surface area (Å²) < 4.78 is 63.6. The van der Waals surface area contributed by atoms with Crippen LogP contribution in [0, 0.1) is 0 Å². The fraction of sp³-hybridized carbons (Fsp3) is 1.00. The van der Waals surface area contributed by atoms with Gasteiger partial charge in [-0.15, -0.1) is 4.72 Å². The smallest absolute Gasteiger partial charge is 0.389 e. The molecular weight excluding hydrogens is 395 g/mol. The van der Waals surface area contributed by atoms with Crippen LogP contribution in [0.1, 0.15) is 60.8 Å². The molecule has 0 saturated heterocycles. The summed E-state index contributed by atoms with van der Waals surface area (Å²) in [7, 11) is -1.80. The summed E-state index contributed by atoms with van der Waals surface area (Å²) in [6.45, 7) is 17.2. The fourth-order valence-corrected chi connectivity index (χ4v) is 3.70. The maximum absolute atomic E-state index is 12.5. The normalized spacial score (nSPS) is 16.4. The van der Waals surface area contributed by atoms with Crippen molar-refractivity contribution >= 4 is 19.7 Å². The van der Waals surface area contributed by atoms with Crippen LogP contribution in [0.25, 0.3) is 0 Å². The predicted octanol–water partition coefficient (Wildman–Crippen LogP) is 5.18. The summed E-state index contributed by atoms with van der Waals surface area (Å²) in [5.41, 5.74) is 0. The summed E-state index contributed by atoms with van der Waals surface area (Å²) in [6, 6.07) is -0.604. The Balaban J connectivity index is 4.36. The molecule has 0 fully saturated rings. The van der Waals surface area contributed by atoms with Gasteiger partial charge in [-0.05, 0) is 51.7 Å². The van der Waals surface area contributed by atoms with Gasteiger partial charge in [0.2, 0.25) is 0 Å². The first-order valence-corrected chi connectivity index (χ1v) is 13.5. The lowest BCUT2D eigenvalue weighted by Crippen LogP contribution is -2.46. The number of halogens is 3. The highest BCUT2D eigenvalue weighted by atomic mass is 32.2. The van der Waals surface area contributed by atoms with Crippen LogP contribution in [0.15, 0.2) is 0 Å². The van der Waals surface area contributed by atoms with Crippen LogP contribution in [0.5, 0.6) is 0 Å². The van der Waals surface area contributed by atoms with Crippen molar-refractivity contribution < 1.29 is 26.9 Å². The van der Waals surface area contributed by atoms with Gasteiger partial charge in [0.05, 0.1) is 12.6 Å². The molecule has 1 N–H and O–H groups in total. The summed E-state index contributed by atoms with van der Waals surface area (Å²) in [5, 5.41) is 0.136.